The minimum Gasteiger partial charge on any atom is -0.507 e. The van der Waals surface area contributed by atoms with Crippen LogP contribution in [0.1, 0.15) is 122 Å². The number of benzene rings is 2. The summed E-state index contributed by atoms with van der Waals surface area (Å²) >= 11 is 0. The summed E-state index contributed by atoms with van der Waals surface area (Å²) in [5, 5.41) is 20.8. The molecule has 2 aliphatic carbocycles. The van der Waals surface area contributed by atoms with E-state index < -0.39 is 0 Å². The van der Waals surface area contributed by atoms with Crippen LogP contribution in [0.2, 0.25) is 0 Å². The van der Waals surface area contributed by atoms with Gasteiger partial charge in [-0.1, -0.05) is 98.4 Å². The SMILES string of the molecule is CC(C)Cc1cccc(C=NC2CCCCC2C)c1O.CC1CCCCC1N=Cc1cccc(C(C)(C)C)c1O.[CH3-].[Zr]. The zero-order chi connectivity index (χ0) is 29.3. The monoisotopic (exact) mass is 651 g/mol. The van der Waals surface area contributed by atoms with Crippen molar-refractivity contribution in [3.63, 3.8) is 0 Å². The molecule has 0 heterocycles. The van der Waals surface area contributed by atoms with Crippen molar-refractivity contribution in [1.29, 1.82) is 0 Å². The molecule has 4 atom stereocenters. The Morgan fingerprint density at radius 3 is 1.67 bits per heavy atom. The van der Waals surface area contributed by atoms with E-state index in [-0.39, 0.29) is 39.0 Å². The molecule has 0 aliphatic heterocycles. The second-order valence-corrected chi connectivity index (χ2v) is 13.7. The van der Waals surface area contributed by atoms with Gasteiger partial charge in [-0.25, -0.2) is 0 Å². The van der Waals surface area contributed by atoms with E-state index in [2.05, 4.69) is 48.5 Å². The van der Waals surface area contributed by atoms with Gasteiger partial charge in [0.25, 0.3) is 0 Å². The summed E-state index contributed by atoms with van der Waals surface area (Å²) in [5.41, 5.74) is 3.67. The first-order chi connectivity index (χ1) is 19.0. The summed E-state index contributed by atoms with van der Waals surface area (Å²) in [6, 6.07) is 12.8. The zero-order valence-corrected chi connectivity index (χ0v) is 30.1. The third kappa shape index (κ3) is 11.4. The summed E-state index contributed by atoms with van der Waals surface area (Å²) in [6.07, 6.45) is 14.8. The van der Waals surface area contributed by atoms with E-state index in [9.17, 15) is 10.2 Å². The fourth-order valence-corrected chi connectivity index (χ4v) is 5.98. The van der Waals surface area contributed by atoms with Crippen LogP contribution in [0.5, 0.6) is 11.5 Å². The summed E-state index contributed by atoms with van der Waals surface area (Å²) in [7, 11) is 0. The quantitative estimate of drug-likeness (QED) is 0.241. The number of aromatic hydroxyl groups is 2. The van der Waals surface area contributed by atoms with Gasteiger partial charge in [0.05, 0.1) is 12.1 Å². The maximum absolute atomic E-state index is 10.4. The van der Waals surface area contributed by atoms with Crippen LogP contribution in [0.15, 0.2) is 46.4 Å². The Bertz CT molecular complexity index is 1140. The van der Waals surface area contributed by atoms with Crippen molar-refractivity contribution in [2.75, 3.05) is 0 Å². The second-order valence-electron chi connectivity index (χ2n) is 13.7. The Kier molecular flexibility index (Phi) is 16.6. The molecule has 2 saturated carbocycles. The van der Waals surface area contributed by atoms with Crippen molar-refractivity contribution >= 4 is 12.4 Å². The average Bonchev–Trinajstić information content (AvgIpc) is 2.90. The van der Waals surface area contributed by atoms with E-state index in [1.165, 1.54) is 51.4 Å². The predicted octanol–water partition coefficient (Wildman–Crippen LogP) is 9.72. The van der Waals surface area contributed by atoms with Gasteiger partial charge in [-0.15, -0.1) is 0 Å². The van der Waals surface area contributed by atoms with Gasteiger partial charge >= 0.3 is 0 Å². The topological polar surface area (TPSA) is 65.2 Å². The number of para-hydroxylation sites is 2. The molecule has 0 bridgehead atoms. The van der Waals surface area contributed by atoms with Gasteiger partial charge in [0.15, 0.2) is 0 Å². The number of phenols is 2. The maximum atomic E-state index is 10.4. The number of hydrogen-bond acceptors (Lipinski definition) is 4. The van der Waals surface area contributed by atoms with Crippen LogP contribution < -0.4 is 0 Å². The fraction of sp³-hybridized carbons (Fsp3) is 0.595. The van der Waals surface area contributed by atoms with E-state index in [1.807, 2.05) is 48.8 Å². The number of hydrogen-bond donors (Lipinski definition) is 2. The molecule has 4 unspecified atom stereocenters. The Labute approximate surface area is 276 Å². The van der Waals surface area contributed by atoms with Crippen molar-refractivity contribution in [3.05, 3.63) is 66.1 Å². The van der Waals surface area contributed by atoms with Gasteiger partial charge in [-0.3, -0.25) is 9.98 Å². The smallest absolute Gasteiger partial charge is 0.128 e. The molecular formula is C37H57N2O2Zr-. The molecule has 0 spiro atoms. The predicted molar refractivity (Wildman–Crippen MR) is 178 cm³/mol. The molecule has 0 aromatic heterocycles. The van der Waals surface area contributed by atoms with Crippen molar-refractivity contribution in [3.8, 4) is 11.5 Å². The average molecular weight is 653 g/mol. The second kappa shape index (κ2) is 18.2. The molecule has 0 amide bonds. The van der Waals surface area contributed by atoms with Crippen LogP contribution in [0.4, 0.5) is 0 Å². The van der Waals surface area contributed by atoms with E-state index >= 15 is 0 Å². The molecule has 0 radical (unpaired) electrons. The van der Waals surface area contributed by atoms with Gasteiger partial charge in [0.1, 0.15) is 11.5 Å². The Morgan fingerprint density at radius 2 is 1.21 bits per heavy atom. The van der Waals surface area contributed by atoms with Crippen molar-refractivity contribution in [2.45, 2.75) is 124 Å². The standard InChI is InChI=1S/2C18H27NO.CH3.Zr/c1-13-8-5-6-11-16(13)19-12-14-9-7-10-15(17(14)20)18(2,3)4;1-13(2)11-15-8-6-9-16(18(15)20)12-19-17-10-5-4-7-14(17)3;;/h7,9-10,12-13,16,20H,5-6,8,11H2,1-4H3;6,8-9,12-14,17,20H,4-5,7,10-11H2,1-3H3;1H3;/q;;-1;. The fourth-order valence-electron chi connectivity index (χ4n) is 5.98. The van der Waals surface area contributed by atoms with Crippen molar-refractivity contribution < 1.29 is 36.4 Å². The molecule has 2 aliphatic rings. The molecule has 42 heavy (non-hydrogen) atoms. The Hall–Kier alpha value is -1.74. The molecule has 5 heteroatoms. The Morgan fingerprint density at radius 1 is 0.762 bits per heavy atom. The first-order valence-electron chi connectivity index (χ1n) is 15.7. The summed E-state index contributed by atoms with van der Waals surface area (Å²) in [4.78, 5) is 9.46. The van der Waals surface area contributed by atoms with Gasteiger partial charge in [0, 0.05) is 49.8 Å². The molecule has 4 rings (SSSR count). The van der Waals surface area contributed by atoms with Crippen LogP contribution in [0.25, 0.3) is 0 Å². The van der Waals surface area contributed by atoms with Crippen LogP contribution in [-0.4, -0.2) is 34.7 Å². The van der Waals surface area contributed by atoms with Crippen molar-refractivity contribution in [2.24, 2.45) is 27.7 Å². The van der Waals surface area contributed by atoms with Gasteiger partial charge in [-0.05, 0) is 78.5 Å². The first-order valence-corrected chi connectivity index (χ1v) is 15.7. The molecule has 0 saturated heterocycles. The molecule has 2 aromatic carbocycles. The van der Waals surface area contributed by atoms with Crippen LogP contribution in [0, 0.1) is 25.2 Å². The van der Waals surface area contributed by atoms with E-state index in [0.717, 1.165) is 28.7 Å². The van der Waals surface area contributed by atoms with Gasteiger partial charge in [0.2, 0.25) is 0 Å². The third-order valence-electron chi connectivity index (χ3n) is 8.60. The molecule has 232 valence electrons. The number of phenolic OH excluding ortho intramolecular Hbond substituents is 2. The maximum Gasteiger partial charge on any atom is 0.128 e. The zero-order valence-electron chi connectivity index (χ0n) is 27.7. The van der Waals surface area contributed by atoms with Crippen LogP contribution in [-0.2, 0) is 38.0 Å². The normalized spacial score (nSPS) is 22.8. The van der Waals surface area contributed by atoms with E-state index in [0.29, 0.717) is 41.3 Å². The van der Waals surface area contributed by atoms with Crippen molar-refractivity contribution in [1.82, 2.24) is 0 Å². The number of nitrogens with zero attached hydrogens (tertiary/aromatic N) is 2. The molecular weight excluding hydrogens is 596 g/mol. The summed E-state index contributed by atoms with van der Waals surface area (Å²) < 4.78 is 0. The Balaban J connectivity index is 0.000000401. The van der Waals surface area contributed by atoms with Gasteiger partial charge < -0.3 is 17.6 Å². The summed E-state index contributed by atoms with van der Waals surface area (Å²) in [5.74, 6) is 2.67. The summed E-state index contributed by atoms with van der Waals surface area (Å²) in [6.45, 7) is 15.3. The van der Waals surface area contributed by atoms with E-state index in [4.69, 9.17) is 9.98 Å². The number of aliphatic imine (C=N–C) groups is 2. The minimum absolute atomic E-state index is 0. The number of rotatable bonds is 6. The first kappa shape index (κ1) is 38.3. The van der Waals surface area contributed by atoms with E-state index in [1.54, 1.807) is 0 Å². The third-order valence-corrected chi connectivity index (χ3v) is 8.60. The van der Waals surface area contributed by atoms with Crippen LogP contribution in [0.3, 0.4) is 0 Å². The molecule has 2 N–H and O–H groups in total. The minimum atomic E-state index is -0.0495. The largest absolute Gasteiger partial charge is 0.507 e. The molecule has 2 aromatic rings. The molecule has 4 nitrogen and oxygen atoms in total. The molecule has 2 fully saturated rings. The van der Waals surface area contributed by atoms with Gasteiger partial charge in [-0.2, -0.15) is 0 Å². The van der Waals surface area contributed by atoms with Crippen LogP contribution >= 0.6 is 0 Å².